The Kier molecular flexibility index (Phi) is 20.2. The first-order chi connectivity index (χ1) is 3.46. The van der Waals surface area contributed by atoms with Crippen LogP contribution in [0.4, 0.5) is 0 Å². The van der Waals surface area contributed by atoms with Gasteiger partial charge in [-0.2, -0.15) is 0 Å². The molecule has 0 saturated heterocycles. The molecule has 0 aliphatic rings. The molecule has 0 rings (SSSR count). The van der Waals surface area contributed by atoms with Crippen molar-refractivity contribution < 1.29 is 26.7 Å². The molecule has 0 fully saturated rings. The van der Waals surface area contributed by atoms with Gasteiger partial charge in [0.2, 0.25) is 0 Å². The zero-order valence-corrected chi connectivity index (χ0v) is 7.35. The van der Waals surface area contributed by atoms with Crippen LogP contribution in [-0.2, 0) is 16.5 Å². The molecular formula is C6H16NiO2. The van der Waals surface area contributed by atoms with Crippen molar-refractivity contribution in [1.82, 2.24) is 0 Å². The maximum Gasteiger partial charge on any atom is 0.0483 e. The molecule has 0 aromatic heterocycles. The van der Waals surface area contributed by atoms with Crippen LogP contribution in [0.3, 0.4) is 0 Å². The largest absolute Gasteiger partial charge is 0.394 e. The maximum absolute atomic E-state index is 8.06. The van der Waals surface area contributed by atoms with E-state index in [9.17, 15) is 0 Å². The minimum Gasteiger partial charge on any atom is -0.394 e. The Labute approximate surface area is 67.2 Å². The molecular weight excluding hydrogens is 163 g/mol. The fraction of sp³-hybridized carbons (Fsp3) is 1.00. The van der Waals surface area contributed by atoms with Gasteiger partial charge in [-0.15, -0.1) is 0 Å². The molecule has 0 atom stereocenters. The number of hydrogen-bond acceptors (Lipinski definition) is 2. The van der Waals surface area contributed by atoms with Gasteiger partial charge in [-0.25, -0.2) is 0 Å². The first-order valence-electron chi connectivity index (χ1n) is 2.83. The second-order valence-corrected chi connectivity index (χ2v) is 2.19. The fourth-order valence-corrected chi connectivity index (χ4v) is 0. The number of aliphatic hydroxyl groups is 2. The van der Waals surface area contributed by atoms with Gasteiger partial charge in [0, 0.05) is 28.7 Å². The molecule has 0 unspecified atom stereocenters. The first-order valence-corrected chi connectivity index (χ1v) is 2.83. The predicted molar refractivity (Wildman–Crippen MR) is 34.7 cm³/mol. The fourth-order valence-electron chi connectivity index (χ4n) is 0. The third-order valence-corrected chi connectivity index (χ3v) is 0. The molecule has 0 bridgehead atoms. The van der Waals surface area contributed by atoms with Crippen LogP contribution in [0.1, 0.15) is 27.7 Å². The van der Waals surface area contributed by atoms with Crippen LogP contribution in [0.25, 0.3) is 0 Å². The zero-order valence-electron chi connectivity index (χ0n) is 6.37. The van der Waals surface area contributed by atoms with Gasteiger partial charge in [0.15, 0.2) is 0 Å². The predicted octanol–water partition coefficient (Wildman–Crippen LogP) is 0.772. The van der Waals surface area contributed by atoms with Crippen molar-refractivity contribution in [1.29, 1.82) is 0 Å². The average molecular weight is 179 g/mol. The van der Waals surface area contributed by atoms with Gasteiger partial charge < -0.3 is 10.2 Å². The van der Waals surface area contributed by atoms with Crippen LogP contribution in [0, 0.1) is 0 Å². The molecule has 0 heterocycles. The van der Waals surface area contributed by atoms with Crippen molar-refractivity contribution >= 4 is 0 Å². The van der Waals surface area contributed by atoms with E-state index in [2.05, 4.69) is 0 Å². The van der Waals surface area contributed by atoms with Crippen LogP contribution in [-0.4, -0.2) is 22.4 Å². The van der Waals surface area contributed by atoms with Gasteiger partial charge >= 0.3 is 0 Å². The van der Waals surface area contributed by atoms with E-state index in [1.165, 1.54) is 0 Å². The molecule has 0 aliphatic heterocycles. The molecule has 2 nitrogen and oxygen atoms in total. The van der Waals surface area contributed by atoms with E-state index in [1.807, 2.05) is 0 Å². The standard InChI is InChI=1S/2C3H8O.Ni/c2*1-3(2)4;/h2*3-4H,1-2H3;. The van der Waals surface area contributed by atoms with Gasteiger partial charge in [-0.1, -0.05) is 0 Å². The number of aliphatic hydroxyl groups excluding tert-OH is 2. The van der Waals surface area contributed by atoms with Crippen molar-refractivity contribution in [2.75, 3.05) is 0 Å². The molecule has 0 aromatic rings. The minimum absolute atomic E-state index is 0. The van der Waals surface area contributed by atoms with Crippen molar-refractivity contribution in [3.05, 3.63) is 0 Å². The monoisotopic (exact) mass is 178 g/mol. The zero-order chi connectivity index (χ0) is 7.15. The van der Waals surface area contributed by atoms with E-state index >= 15 is 0 Å². The van der Waals surface area contributed by atoms with E-state index in [-0.39, 0.29) is 28.7 Å². The van der Waals surface area contributed by atoms with E-state index in [4.69, 9.17) is 10.2 Å². The summed E-state index contributed by atoms with van der Waals surface area (Å²) in [4.78, 5) is 0. The summed E-state index contributed by atoms with van der Waals surface area (Å²) in [5, 5.41) is 16.1. The molecule has 2 N–H and O–H groups in total. The summed E-state index contributed by atoms with van der Waals surface area (Å²) in [7, 11) is 0. The van der Waals surface area contributed by atoms with E-state index in [0.717, 1.165) is 0 Å². The summed E-state index contributed by atoms with van der Waals surface area (Å²) in [5.74, 6) is 0. The van der Waals surface area contributed by atoms with E-state index < -0.39 is 0 Å². The van der Waals surface area contributed by atoms with Crippen LogP contribution in [0.2, 0.25) is 0 Å². The quantitative estimate of drug-likeness (QED) is 0.539. The Hall–Kier alpha value is 0.414. The summed E-state index contributed by atoms with van der Waals surface area (Å²) in [6, 6.07) is 0. The average Bonchev–Trinajstić information content (AvgIpc) is 1.25. The van der Waals surface area contributed by atoms with E-state index in [1.54, 1.807) is 27.7 Å². The SMILES string of the molecule is CC(C)O.CC(C)O.[Ni]. The molecule has 0 aliphatic carbocycles. The third-order valence-electron chi connectivity index (χ3n) is 0. The summed E-state index contributed by atoms with van der Waals surface area (Å²) in [6.45, 7) is 6.89. The molecule has 0 aromatic carbocycles. The second kappa shape index (κ2) is 11.2. The van der Waals surface area contributed by atoms with Crippen LogP contribution in [0.5, 0.6) is 0 Å². The summed E-state index contributed by atoms with van der Waals surface area (Å²) in [5.41, 5.74) is 0. The van der Waals surface area contributed by atoms with Crippen LogP contribution >= 0.6 is 0 Å². The second-order valence-electron chi connectivity index (χ2n) is 2.19. The molecule has 0 radical (unpaired) electrons. The van der Waals surface area contributed by atoms with Crippen molar-refractivity contribution in [3.63, 3.8) is 0 Å². The first kappa shape index (κ1) is 16.2. The van der Waals surface area contributed by atoms with Crippen molar-refractivity contribution in [2.24, 2.45) is 0 Å². The normalized spacial score (nSPS) is 8.00. The van der Waals surface area contributed by atoms with E-state index in [0.29, 0.717) is 0 Å². The Balaban J connectivity index is -0.0000000720. The summed E-state index contributed by atoms with van der Waals surface area (Å²) >= 11 is 0. The molecule has 0 spiro atoms. The topological polar surface area (TPSA) is 40.5 Å². The van der Waals surface area contributed by atoms with Gasteiger partial charge in [-0.05, 0) is 27.7 Å². The number of hydrogen-bond donors (Lipinski definition) is 2. The summed E-state index contributed by atoms with van der Waals surface area (Å²) < 4.78 is 0. The van der Waals surface area contributed by atoms with Crippen LogP contribution < -0.4 is 0 Å². The molecule has 0 saturated carbocycles. The Morgan fingerprint density at radius 2 is 0.778 bits per heavy atom. The van der Waals surface area contributed by atoms with Gasteiger partial charge in [0.25, 0.3) is 0 Å². The van der Waals surface area contributed by atoms with Gasteiger partial charge in [0.05, 0.1) is 0 Å². The molecule has 62 valence electrons. The van der Waals surface area contributed by atoms with Gasteiger partial charge in [0.1, 0.15) is 0 Å². The van der Waals surface area contributed by atoms with Crippen molar-refractivity contribution in [2.45, 2.75) is 39.9 Å². The Morgan fingerprint density at radius 1 is 0.778 bits per heavy atom. The molecule has 0 amide bonds. The Bertz CT molecular complexity index is 26.5. The minimum atomic E-state index is -0.167. The van der Waals surface area contributed by atoms with Crippen molar-refractivity contribution in [3.8, 4) is 0 Å². The van der Waals surface area contributed by atoms with Gasteiger partial charge in [-0.3, -0.25) is 0 Å². The Morgan fingerprint density at radius 3 is 0.778 bits per heavy atom. The summed E-state index contributed by atoms with van der Waals surface area (Å²) in [6.07, 6.45) is -0.333. The van der Waals surface area contributed by atoms with Crippen LogP contribution in [0.15, 0.2) is 0 Å². The smallest absolute Gasteiger partial charge is 0.0483 e. The third kappa shape index (κ3) is 2020. The molecule has 3 heteroatoms. The number of rotatable bonds is 0. The molecule has 9 heavy (non-hydrogen) atoms. The maximum atomic E-state index is 8.06.